The van der Waals surface area contributed by atoms with E-state index in [1.807, 2.05) is 14.0 Å². The summed E-state index contributed by atoms with van der Waals surface area (Å²) in [6.45, 7) is 3.54. The lowest BCUT2D eigenvalue weighted by Crippen LogP contribution is -2.33. The molecule has 1 unspecified atom stereocenters. The summed E-state index contributed by atoms with van der Waals surface area (Å²) >= 11 is 0. The van der Waals surface area contributed by atoms with E-state index in [1.165, 1.54) is 11.3 Å². The number of rotatable bonds is 4. The van der Waals surface area contributed by atoms with E-state index >= 15 is 0 Å². The molecule has 2 N–H and O–H groups in total. The maximum absolute atomic E-state index is 6.11. The van der Waals surface area contributed by atoms with E-state index in [1.54, 1.807) is 11.8 Å². The number of para-hydroxylation sites is 1. The summed E-state index contributed by atoms with van der Waals surface area (Å²) in [7, 11) is 3.59. The average Bonchev–Trinajstić information content (AvgIpc) is 3.02. The number of ether oxygens (including phenoxy) is 1. The van der Waals surface area contributed by atoms with Gasteiger partial charge in [0.1, 0.15) is 0 Å². The van der Waals surface area contributed by atoms with Gasteiger partial charge in [0.2, 0.25) is 5.88 Å². The summed E-state index contributed by atoms with van der Waals surface area (Å²) in [6.07, 6.45) is 1.06. The third kappa shape index (κ3) is 2.17. The third-order valence-corrected chi connectivity index (χ3v) is 4.26. The molecule has 1 atom stereocenters. The summed E-state index contributed by atoms with van der Waals surface area (Å²) in [5, 5.41) is 4.49. The molecule has 5 nitrogen and oxygen atoms in total. The molecule has 1 aromatic heterocycles. The van der Waals surface area contributed by atoms with Crippen LogP contribution >= 0.6 is 0 Å². The zero-order valence-corrected chi connectivity index (χ0v) is 12.8. The first-order chi connectivity index (χ1) is 10.2. The molecular formula is C16H22N4O. The molecule has 1 aromatic carbocycles. The molecule has 2 aromatic rings. The fourth-order valence-electron chi connectivity index (χ4n) is 3.37. The molecule has 0 saturated carbocycles. The Balaban J connectivity index is 2.05. The van der Waals surface area contributed by atoms with Crippen molar-refractivity contribution >= 4 is 5.69 Å². The third-order valence-electron chi connectivity index (χ3n) is 4.26. The van der Waals surface area contributed by atoms with Crippen LogP contribution in [0.15, 0.2) is 24.3 Å². The van der Waals surface area contributed by atoms with Gasteiger partial charge < -0.3 is 15.4 Å². The molecule has 0 radical (unpaired) electrons. The van der Waals surface area contributed by atoms with E-state index < -0.39 is 0 Å². The summed E-state index contributed by atoms with van der Waals surface area (Å²) in [5.41, 5.74) is 10.8. The lowest BCUT2D eigenvalue weighted by Gasteiger charge is -2.29. The van der Waals surface area contributed by atoms with Crippen molar-refractivity contribution in [1.82, 2.24) is 9.78 Å². The van der Waals surface area contributed by atoms with E-state index in [0.29, 0.717) is 6.54 Å². The lowest BCUT2D eigenvalue weighted by atomic mass is 10.1. The summed E-state index contributed by atoms with van der Waals surface area (Å²) < 4.78 is 7.33. The van der Waals surface area contributed by atoms with Crippen molar-refractivity contribution in [2.24, 2.45) is 12.8 Å². The molecule has 3 rings (SSSR count). The zero-order valence-electron chi connectivity index (χ0n) is 12.8. The number of fused-ring (bicyclic) bond motifs is 1. The molecular weight excluding hydrogens is 264 g/mol. The number of methoxy groups -OCH3 is 1. The van der Waals surface area contributed by atoms with Gasteiger partial charge in [-0.15, -0.1) is 0 Å². The monoisotopic (exact) mass is 286 g/mol. The van der Waals surface area contributed by atoms with Gasteiger partial charge in [0.25, 0.3) is 0 Å². The molecule has 0 aliphatic carbocycles. The Morgan fingerprint density at radius 1 is 1.38 bits per heavy atom. The molecule has 5 heteroatoms. The van der Waals surface area contributed by atoms with Crippen molar-refractivity contribution < 1.29 is 4.74 Å². The first-order valence-electron chi connectivity index (χ1n) is 7.29. The topological polar surface area (TPSA) is 56.3 Å². The van der Waals surface area contributed by atoms with Gasteiger partial charge in [-0.2, -0.15) is 5.10 Å². The van der Waals surface area contributed by atoms with Crippen molar-refractivity contribution in [3.8, 4) is 5.88 Å². The number of hydrogen-bond donors (Lipinski definition) is 1. The molecule has 0 spiro atoms. The Bertz CT molecular complexity index is 650. The van der Waals surface area contributed by atoms with Crippen molar-refractivity contribution in [2.75, 3.05) is 25.1 Å². The predicted octanol–water partition coefficient (Wildman–Crippen LogP) is 1.80. The second-order valence-electron chi connectivity index (χ2n) is 5.46. The van der Waals surface area contributed by atoms with Crippen molar-refractivity contribution in [1.29, 1.82) is 0 Å². The predicted molar refractivity (Wildman–Crippen MR) is 83.8 cm³/mol. The molecule has 112 valence electrons. The lowest BCUT2D eigenvalue weighted by molar-refractivity contribution is 0.365. The van der Waals surface area contributed by atoms with Gasteiger partial charge >= 0.3 is 0 Å². The second-order valence-corrected chi connectivity index (χ2v) is 5.46. The highest BCUT2D eigenvalue weighted by Gasteiger charge is 2.31. The van der Waals surface area contributed by atoms with E-state index in [4.69, 9.17) is 10.5 Å². The van der Waals surface area contributed by atoms with Crippen LogP contribution in [0.3, 0.4) is 0 Å². The fraction of sp³-hybridized carbons (Fsp3) is 0.438. The van der Waals surface area contributed by atoms with E-state index in [-0.39, 0.29) is 6.04 Å². The zero-order chi connectivity index (χ0) is 15.0. The molecule has 21 heavy (non-hydrogen) atoms. The van der Waals surface area contributed by atoms with Gasteiger partial charge in [-0.25, -0.2) is 4.68 Å². The molecule has 2 heterocycles. The Labute approximate surface area is 125 Å². The van der Waals surface area contributed by atoms with Crippen LogP contribution in [-0.4, -0.2) is 30.0 Å². The largest absolute Gasteiger partial charge is 0.481 e. The number of nitrogens with two attached hydrogens (primary N) is 1. The Morgan fingerprint density at radius 2 is 2.14 bits per heavy atom. The SMILES string of the molecule is COc1c(C(CN)N2CCc3ccccc32)c(C)nn1C. The van der Waals surface area contributed by atoms with Crippen LogP contribution < -0.4 is 15.4 Å². The van der Waals surface area contributed by atoms with Gasteiger partial charge in [0, 0.05) is 25.8 Å². The number of hydrogen-bond acceptors (Lipinski definition) is 4. The number of benzene rings is 1. The first-order valence-corrected chi connectivity index (χ1v) is 7.29. The van der Waals surface area contributed by atoms with E-state index in [2.05, 4.69) is 34.3 Å². The Kier molecular flexibility index (Phi) is 3.59. The number of aromatic nitrogens is 2. The molecule has 0 saturated heterocycles. The minimum absolute atomic E-state index is 0.0947. The highest BCUT2D eigenvalue weighted by Crippen LogP contribution is 2.38. The van der Waals surface area contributed by atoms with Crippen LogP contribution in [0.25, 0.3) is 0 Å². The van der Waals surface area contributed by atoms with Crippen LogP contribution in [0, 0.1) is 6.92 Å². The van der Waals surface area contributed by atoms with Gasteiger partial charge in [-0.1, -0.05) is 18.2 Å². The number of aryl methyl sites for hydroxylation is 2. The van der Waals surface area contributed by atoms with Crippen LogP contribution in [0.2, 0.25) is 0 Å². The van der Waals surface area contributed by atoms with Crippen LogP contribution in [0.5, 0.6) is 5.88 Å². The minimum Gasteiger partial charge on any atom is -0.481 e. The molecule has 0 fully saturated rings. The summed E-state index contributed by atoms with van der Waals surface area (Å²) in [6, 6.07) is 8.63. The maximum atomic E-state index is 6.11. The van der Waals surface area contributed by atoms with E-state index in [9.17, 15) is 0 Å². The standard InChI is InChI=1S/C16H22N4O/c1-11-15(16(21-3)19(2)18-11)14(10-17)20-9-8-12-6-4-5-7-13(12)20/h4-7,14H,8-10,17H2,1-3H3. The molecule has 0 amide bonds. The Morgan fingerprint density at radius 3 is 2.86 bits per heavy atom. The molecule has 1 aliphatic rings. The van der Waals surface area contributed by atoms with Gasteiger partial charge in [-0.05, 0) is 25.0 Å². The van der Waals surface area contributed by atoms with Crippen molar-refractivity contribution in [3.63, 3.8) is 0 Å². The smallest absolute Gasteiger partial charge is 0.216 e. The quantitative estimate of drug-likeness (QED) is 0.931. The number of nitrogens with zero attached hydrogens (tertiary/aromatic N) is 3. The van der Waals surface area contributed by atoms with Gasteiger partial charge in [0.05, 0.1) is 24.4 Å². The average molecular weight is 286 g/mol. The van der Waals surface area contributed by atoms with Crippen LogP contribution in [-0.2, 0) is 13.5 Å². The highest BCUT2D eigenvalue weighted by atomic mass is 16.5. The summed E-state index contributed by atoms with van der Waals surface area (Å²) in [4.78, 5) is 2.38. The van der Waals surface area contributed by atoms with Crippen molar-refractivity contribution in [2.45, 2.75) is 19.4 Å². The first kappa shape index (κ1) is 13.9. The normalized spacial score (nSPS) is 15.1. The van der Waals surface area contributed by atoms with Crippen molar-refractivity contribution in [3.05, 3.63) is 41.1 Å². The number of anilines is 1. The van der Waals surface area contributed by atoms with Gasteiger partial charge in [-0.3, -0.25) is 0 Å². The van der Waals surface area contributed by atoms with Crippen LogP contribution in [0.1, 0.15) is 22.9 Å². The maximum Gasteiger partial charge on any atom is 0.216 e. The minimum atomic E-state index is 0.0947. The van der Waals surface area contributed by atoms with Gasteiger partial charge in [0.15, 0.2) is 0 Å². The summed E-state index contributed by atoms with van der Waals surface area (Å²) in [5.74, 6) is 0.798. The molecule has 1 aliphatic heterocycles. The molecule has 0 bridgehead atoms. The second kappa shape index (κ2) is 5.41. The van der Waals surface area contributed by atoms with E-state index in [0.717, 1.165) is 30.1 Å². The van der Waals surface area contributed by atoms with Crippen LogP contribution in [0.4, 0.5) is 5.69 Å². The highest BCUT2D eigenvalue weighted by molar-refractivity contribution is 5.60. The Hall–Kier alpha value is -2.01. The fourth-order valence-corrected chi connectivity index (χ4v) is 3.37.